The van der Waals surface area contributed by atoms with Crippen LogP contribution in [0.2, 0.25) is 0 Å². The molecule has 2 aromatic rings. The summed E-state index contributed by atoms with van der Waals surface area (Å²) in [5.41, 5.74) is 0.777. The molecular formula is C22H19F2N3O5. The highest BCUT2D eigenvalue weighted by Crippen LogP contribution is 2.38. The molecule has 0 saturated carbocycles. The molecule has 10 heteroatoms. The molecular weight excluding hydrogens is 424 g/mol. The van der Waals surface area contributed by atoms with Crippen molar-refractivity contribution in [2.45, 2.75) is 13.0 Å². The summed E-state index contributed by atoms with van der Waals surface area (Å²) in [5, 5.41) is 5.01. The number of anilines is 1. The third kappa shape index (κ3) is 3.98. The fourth-order valence-electron chi connectivity index (χ4n) is 3.64. The van der Waals surface area contributed by atoms with Crippen LogP contribution >= 0.6 is 0 Å². The van der Waals surface area contributed by atoms with E-state index in [2.05, 4.69) is 10.6 Å². The SMILES string of the molecule is CCOc1ccccc1C1NC(=O)N(CC(=O)Nc2ccc(F)cc2F)C2=C1C(=O)OC2. The standard InChI is InChI=1S/C22H19F2N3O5/c1-2-31-17-6-4-3-5-13(17)20-19-16(11-32-21(19)29)27(22(30)26-20)10-18(28)25-15-8-7-12(23)9-14(15)24/h3-9,20H,2,10-11H2,1H3,(H,25,28)(H,26,30). The first kappa shape index (κ1) is 21.3. The molecule has 2 aromatic carbocycles. The molecule has 0 fully saturated rings. The van der Waals surface area contributed by atoms with Gasteiger partial charge in [0.25, 0.3) is 0 Å². The Morgan fingerprint density at radius 3 is 2.78 bits per heavy atom. The molecule has 1 atom stereocenters. The normalized spacial score (nSPS) is 17.6. The predicted octanol–water partition coefficient (Wildman–Crippen LogP) is 2.88. The minimum atomic E-state index is -0.951. The molecule has 4 rings (SSSR count). The second-order valence-electron chi connectivity index (χ2n) is 7.05. The molecule has 32 heavy (non-hydrogen) atoms. The van der Waals surface area contributed by atoms with Gasteiger partial charge in [-0.15, -0.1) is 0 Å². The summed E-state index contributed by atoms with van der Waals surface area (Å²) in [6, 6.07) is 8.23. The van der Waals surface area contributed by atoms with Crippen LogP contribution in [0.1, 0.15) is 18.5 Å². The van der Waals surface area contributed by atoms with E-state index in [1.165, 1.54) is 0 Å². The van der Waals surface area contributed by atoms with Crippen LogP contribution in [0.5, 0.6) is 5.75 Å². The van der Waals surface area contributed by atoms with E-state index in [0.717, 1.165) is 17.0 Å². The number of carbonyl (C=O) groups is 3. The Bertz CT molecular complexity index is 1130. The Labute approximate surface area is 181 Å². The third-order valence-electron chi connectivity index (χ3n) is 5.04. The van der Waals surface area contributed by atoms with Crippen molar-refractivity contribution in [3.8, 4) is 5.75 Å². The molecule has 0 spiro atoms. The van der Waals surface area contributed by atoms with Gasteiger partial charge in [-0.3, -0.25) is 9.69 Å². The first-order chi connectivity index (χ1) is 15.4. The lowest BCUT2D eigenvalue weighted by Gasteiger charge is -2.33. The zero-order chi connectivity index (χ0) is 22.8. The van der Waals surface area contributed by atoms with Gasteiger partial charge in [-0.1, -0.05) is 18.2 Å². The number of benzene rings is 2. The lowest BCUT2D eigenvalue weighted by atomic mass is 9.95. The summed E-state index contributed by atoms with van der Waals surface area (Å²) >= 11 is 0. The lowest BCUT2D eigenvalue weighted by Crippen LogP contribution is -2.49. The molecule has 166 valence electrons. The van der Waals surface area contributed by atoms with Crippen LogP contribution in [0.3, 0.4) is 0 Å². The maximum Gasteiger partial charge on any atom is 0.338 e. The van der Waals surface area contributed by atoms with Gasteiger partial charge in [0.05, 0.1) is 29.6 Å². The number of hydrogen-bond donors (Lipinski definition) is 2. The summed E-state index contributed by atoms with van der Waals surface area (Å²) in [6.07, 6.45) is 0. The minimum Gasteiger partial charge on any atom is -0.494 e. The summed E-state index contributed by atoms with van der Waals surface area (Å²) in [4.78, 5) is 38.9. The number of ether oxygens (including phenoxy) is 2. The van der Waals surface area contributed by atoms with Crippen molar-refractivity contribution >= 4 is 23.6 Å². The zero-order valence-corrected chi connectivity index (χ0v) is 17.0. The van der Waals surface area contributed by atoms with Gasteiger partial charge >= 0.3 is 12.0 Å². The summed E-state index contributed by atoms with van der Waals surface area (Å²) < 4.78 is 37.7. The van der Waals surface area contributed by atoms with Gasteiger partial charge < -0.3 is 20.1 Å². The lowest BCUT2D eigenvalue weighted by molar-refractivity contribution is -0.136. The number of cyclic esters (lactones) is 1. The molecule has 0 aromatic heterocycles. The molecule has 8 nitrogen and oxygen atoms in total. The van der Waals surface area contributed by atoms with E-state index in [1.807, 2.05) is 6.92 Å². The number of hydrogen-bond acceptors (Lipinski definition) is 5. The van der Waals surface area contributed by atoms with Crippen LogP contribution in [0, 0.1) is 11.6 Å². The van der Waals surface area contributed by atoms with Gasteiger partial charge in [0.2, 0.25) is 5.91 Å². The zero-order valence-electron chi connectivity index (χ0n) is 17.0. The Hall–Kier alpha value is -3.95. The Kier molecular flexibility index (Phi) is 5.76. The highest BCUT2D eigenvalue weighted by Gasteiger charge is 2.43. The molecule has 0 aliphatic carbocycles. The second kappa shape index (κ2) is 8.66. The van der Waals surface area contributed by atoms with E-state index in [0.29, 0.717) is 24.0 Å². The Balaban J connectivity index is 1.61. The second-order valence-corrected chi connectivity index (χ2v) is 7.05. The van der Waals surface area contributed by atoms with E-state index < -0.39 is 42.1 Å². The largest absolute Gasteiger partial charge is 0.494 e. The smallest absolute Gasteiger partial charge is 0.338 e. The van der Waals surface area contributed by atoms with Gasteiger partial charge in [0.15, 0.2) is 0 Å². The fraction of sp³-hybridized carbons (Fsp3) is 0.227. The van der Waals surface area contributed by atoms with Gasteiger partial charge in [-0.05, 0) is 25.1 Å². The molecule has 0 radical (unpaired) electrons. The topological polar surface area (TPSA) is 97.0 Å². The number of halogens is 2. The van der Waals surface area contributed by atoms with Crippen molar-refractivity contribution in [1.82, 2.24) is 10.2 Å². The molecule has 2 heterocycles. The van der Waals surface area contributed by atoms with Crippen molar-refractivity contribution < 1.29 is 32.6 Å². The average molecular weight is 443 g/mol. The molecule has 3 amide bonds. The third-order valence-corrected chi connectivity index (χ3v) is 5.04. The number of urea groups is 1. The van der Waals surface area contributed by atoms with Crippen LogP contribution in [0.15, 0.2) is 53.7 Å². The summed E-state index contributed by atoms with van der Waals surface area (Å²) in [5.74, 6) is -2.58. The van der Waals surface area contributed by atoms with Crippen molar-refractivity contribution in [3.05, 3.63) is 70.9 Å². The average Bonchev–Trinajstić information content (AvgIpc) is 3.14. The highest BCUT2D eigenvalue weighted by molar-refractivity contribution is 6.00. The predicted molar refractivity (Wildman–Crippen MR) is 109 cm³/mol. The van der Waals surface area contributed by atoms with Crippen molar-refractivity contribution in [2.24, 2.45) is 0 Å². The number of esters is 1. The van der Waals surface area contributed by atoms with Crippen LogP contribution < -0.4 is 15.4 Å². The van der Waals surface area contributed by atoms with E-state index in [1.54, 1.807) is 24.3 Å². The number of rotatable bonds is 6. The van der Waals surface area contributed by atoms with Gasteiger partial charge in [-0.2, -0.15) is 0 Å². The van der Waals surface area contributed by atoms with Gasteiger partial charge in [0.1, 0.15) is 30.5 Å². The van der Waals surface area contributed by atoms with Crippen LogP contribution in [-0.2, 0) is 14.3 Å². The van der Waals surface area contributed by atoms with Crippen molar-refractivity contribution in [1.29, 1.82) is 0 Å². The van der Waals surface area contributed by atoms with Crippen LogP contribution in [-0.4, -0.2) is 42.6 Å². The fourth-order valence-corrected chi connectivity index (χ4v) is 3.64. The maximum absolute atomic E-state index is 13.8. The molecule has 2 N–H and O–H groups in total. The van der Waals surface area contributed by atoms with E-state index in [-0.39, 0.29) is 23.6 Å². The summed E-state index contributed by atoms with van der Waals surface area (Å²) in [6.45, 7) is 1.51. The van der Waals surface area contributed by atoms with Crippen molar-refractivity contribution in [3.63, 3.8) is 0 Å². The number of para-hydroxylation sites is 1. The van der Waals surface area contributed by atoms with Crippen molar-refractivity contribution in [2.75, 3.05) is 25.1 Å². The molecule has 2 aliphatic rings. The number of nitrogens with zero attached hydrogens (tertiary/aromatic N) is 1. The minimum absolute atomic E-state index is 0.187. The molecule has 0 saturated heterocycles. The van der Waals surface area contributed by atoms with E-state index in [9.17, 15) is 23.2 Å². The van der Waals surface area contributed by atoms with Gasteiger partial charge in [0, 0.05) is 11.6 Å². The number of nitrogens with one attached hydrogen (secondary N) is 2. The quantitative estimate of drug-likeness (QED) is 0.670. The van der Waals surface area contributed by atoms with Crippen LogP contribution in [0.4, 0.5) is 19.3 Å². The summed E-state index contributed by atoms with van der Waals surface area (Å²) in [7, 11) is 0. The number of amides is 3. The van der Waals surface area contributed by atoms with Crippen LogP contribution in [0.25, 0.3) is 0 Å². The molecule has 1 unspecified atom stereocenters. The first-order valence-electron chi connectivity index (χ1n) is 9.83. The van der Waals surface area contributed by atoms with E-state index in [4.69, 9.17) is 9.47 Å². The highest BCUT2D eigenvalue weighted by atomic mass is 19.1. The first-order valence-corrected chi connectivity index (χ1v) is 9.83. The number of carbonyl (C=O) groups excluding carboxylic acids is 3. The Morgan fingerprint density at radius 2 is 2.03 bits per heavy atom. The molecule has 0 bridgehead atoms. The van der Waals surface area contributed by atoms with Gasteiger partial charge in [-0.25, -0.2) is 18.4 Å². The maximum atomic E-state index is 13.8. The van der Waals surface area contributed by atoms with E-state index >= 15 is 0 Å². The monoisotopic (exact) mass is 443 g/mol. The Morgan fingerprint density at radius 1 is 1.25 bits per heavy atom. The molecule has 2 aliphatic heterocycles.